The van der Waals surface area contributed by atoms with E-state index in [0.717, 1.165) is 10.0 Å². The highest BCUT2D eigenvalue weighted by Crippen LogP contribution is 2.37. The molecule has 0 radical (unpaired) electrons. The molecule has 0 fully saturated rings. The van der Waals surface area contributed by atoms with E-state index in [-0.39, 0.29) is 17.0 Å². The maximum absolute atomic E-state index is 12.3. The normalized spacial score (nSPS) is 13.8. The van der Waals surface area contributed by atoms with Crippen molar-refractivity contribution in [2.45, 2.75) is 58.9 Å². The Hall–Kier alpha value is -0.653. The summed E-state index contributed by atoms with van der Waals surface area (Å²) < 4.78 is 7.24. The van der Waals surface area contributed by atoms with E-state index in [4.69, 9.17) is 4.43 Å². The lowest BCUT2D eigenvalue weighted by atomic mass is 10.1. The molecule has 22 heavy (non-hydrogen) atoms. The highest BCUT2D eigenvalue weighted by Gasteiger charge is 2.38. The minimum Gasteiger partial charge on any atom is -0.412 e. The van der Waals surface area contributed by atoms with E-state index in [2.05, 4.69) is 55.1 Å². The summed E-state index contributed by atoms with van der Waals surface area (Å²) in [5.41, 5.74) is 1.67. The molecule has 5 heteroatoms. The second kappa shape index (κ2) is 7.28. The predicted molar refractivity (Wildman–Crippen MR) is 99.0 cm³/mol. The predicted octanol–water partition coefficient (Wildman–Crippen LogP) is 4.90. The van der Waals surface area contributed by atoms with E-state index < -0.39 is 8.32 Å². The molecule has 3 nitrogen and oxygen atoms in total. The Labute approximate surface area is 144 Å². The Kier molecular flexibility index (Phi) is 6.42. The van der Waals surface area contributed by atoms with Gasteiger partial charge in [-0.05, 0) is 55.7 Å². The third-order valence-electron chi connectivity index (χ3n) is 4.29. The average molecular weight is 386 g/mol. The SMILES string of the molecule is Cc1cc(Br)ccc1C(=O)NC[C@@H](C)O[Si](C)(C)C(C)(C)C. The van der Waals surface area contributed by atoms with Crippen molar-refractivity contribution in [3.8, 4) is 0 Å². The zero-order chi connectivity index (χ0) is 17.1. The lowest BCUT2D eigenvalue weighted by Crippen LogP contribution is -2.46. The summed E-state index contributed by atoms with van der Waals surface area (Å²) in [6.45, 7) is 15.6. The molecule has 0 bridgehead atoms. The minimum atomic E-state index is -1.80. The zero-order valence-corrected chi connectivity index (χ0v) is 17.3. The van der Waals surface area contributed by atoms with E-state index in [1.807, 2.05) is 32.0 Å². The van der Waals surface area contributed by atoms with Crippen LogP contribution >= 0.6 is 15.9 Å². The van der Waals surface area contributed by atoms with Gasteiger partial charge in [0.25, 0.3) is 5.91 Å². The molecule has 0 spiro atoms. The Bertz CT molecular complexity index is 538. The molecule has 0 saturated heterocycles. The molecule has 1 amide bonds. The Morgan fingerprint density at radius 2 is 1.95 bits per heavy atom. The van der Waals surface area contributed by atoms with Crippen molar-refractivity contribution in [1.29, 1.82) is 0 Å². The molecule has 1 atom stereocenters. The van der Waals surface area contributed by atoms with Crippen LogP contribution in [0.4, 0.5) is 0 Å². The molecule has 0 saturated carbocycles. The van der Waals surface area contributed by atoms with E-state index >= 15 is 0 Å². The van der Waals surface area contributed by atoms with E-state index in [1.54, 1.807) is 0 Å². The largest absolute Gasteiger partial charge is 0.412 e. The summed E-state index contributed by atoms with van der Waals surface area (Å²) in [5.74, 6) is -0.0457. The average Bonchev–Trinajstić information content (AvgIpc) is 2.34. The molecule has 1 N–H and O–H groups in total. The van der Waals surface area contributed by atoms with E-state index in [1.165, 1.54) is 0 Å². The van der Waals surface area contributed by atoms with Gasteiger partial charge in [0.05, 0.1) is 6.10 Å². The molecule has 124 valence electrons. The second-order valence-electron chi connectivity index (χ2n) is 7.36. The fourth-order valence-corrected chi connectivity index (χ4v) is 3.85. The summed E-state index contributed by atoms with van der Waals surface area (Å²) >= 11 is 3.41. The van der Waals surface area contributed by atoms with Crippen LogP contribution in [0.2, 0.25) is 18.1 Å². The molecule has 0 heterocycles. The first kappa shape index (κ1) is 19.4. The highest BCUT2D eigenvalue weighted by atomic mass is 79.9. The monoisotopic (exact) mass is 385 g/mol. The molecule has 1 aromatic rings. The van der Waals surface area contributed by atoms with E-state index in [0.29, 0.717) is 12.1 Å². The van der Waals surface area contributed by atoms with Crippen molar-refractivity contribution in [2.75, 3.05) is 6.54 Å². The van der Waals surface area contributed by atoms with Crippen LogP contribution in [0.1, 0.15) is 43.6 Å². The van der Waals surface area contributed by atoms with E-state index in [9.17, 15) is 4.79 Å². The number of hydrogen-bond donors (Lipinski definition) is 1. The molecule has 0 aliphatic heterocycles. The third-order valence-corrected chi connectivity index (χ3v) is 9.38. The van der Waals surface area contributed by atoms with Gasteiger partial charge in [0.2, 0.25) is 0 Å². The van der Waals surface area contributed by atoms with Gasteiger partial charge in [-0.2, -0.15) is 0 Å². The fourth-order valence-electron chi connectivity index (χ4n) is 1.93. The number of benzene rings is 1. The summed E-state index contributed by atoms with van der Waals surface area (Å²) in [6, 6.07) is 5.68. The topological polar surface area (TPSA) is 38.3 Å². The van der Waals surface area contributed by atoms with Crippen molar-refractivity contribution < 1.29 is 9.22 Å². The summed E-state index contributed by atoms with van der Waals surface area (Å²) in [4.78, 5) is 12.3. The van der Waals surface area contributed by atoms with Gasteiger partial charge in [0, 0.05) is 16.6 Å². The molecule has 0 unspecified atom stereocenters. The van der Waals surface area contributed by atoms with Gasteiger partial charge in [-0.25, -0.2) is 0 Å². The lowest BCUT2D eigenvalue weighted by molar-refractivity contribution is 0.0927. The fraction of sp³-hybridized carbons (Fsp3) is 0.588. The Morgan fingerprint density at radius 1 is 1.36 bits per heavy atom. The number of halogens is 1. The molecule has 0 aromatic heterocycles. The minimum absolute atomic E-state index is 0.0144. The van der Waals surface area contributed by atoms with Gasteiger partial charge in [-0.3, -0.25) is 4.79 Å². The van der Waals surface area contributed by atoms with Gasteiger partial charge in [0.15, 0.2) is 8.32 Å². The molecule has 1 rings (SSSR count). The van der Waals surface area contributed by atoms with Crippen LogP contribution in [-0.4, -0.2) is 26.9 Å². The Morgan fingerprint density at radius 3 is 2.45 bits per heavy atom. The molecule has 1 aromatic carbocycles. The molecule has 0 aliphatic carbocycles. The van der Waals surface area contributed by atoms with Crippen molar-refractivity contribution in [3.05, 3.63) is 33.8 Å². The molecular formula is C17H28BrNO2Si. The zero-order valence-electron chi connectivity index (χ0n) is 14.7. The number of amides is 1. The summed E-state index contributed by atoms with van der Waals surface area (Å²) in [5, 5.41) is 3.15. The number of carbonyl (C=O) groups is 1. The number of rotatable bonds is 5. The van der Waals surface area contributed by atoms with Crippen LogP contribution in [0.25, 0.3) is 0 Å². The first-order valence-electron chi connectivity index (χ1n) is 7.66. The van der Waals surface area contributed by atoms with Crippen LogP contribution in [0.15, 0.2) is 22.7 Å². The van der Waals surface area contributed by atoms with Crippen molar-refractivity contribution in [2.24, 2.45) is 0 Å². The van der Waals surface area contributed by atoms with Crippen molar-refractivity contribution in [3.63, 3.8) is 0 Å². The number of carbonyl (C=O) groups excluding carboxylic acids is 1. The lowest BCUT2D eigenvalue weighted by Gasteiger charge is -2.38. The molecular weight excluding hydrogens is 358 g/mol. The standard InChI is InChI=1S/C17H28BrNO2Si/c1-12-10-14(18)8-9-15(12)16(20)19-11-13(2)21-22(6,7)17(3,4)5/h8-10,13H,11H2,1-7H3,(H,19,20)/t13-/m1/s1. The number of nitrogens with one attached hydrogen (secondary N) is 1. The second-order valence-corrected chi connectivity index (χ2v) is 13.0. The van der Waals surface area contributed by atoms with Gasteiger partial charge in [-0.1, -0.05) is 36.7 Å². The van der Waals surface area contributed by atoms with Crippen LogP contribution in [0.5, 0.6) is 0 Å². The first-order valence-corrected chi connectivity index (χ1v) is 11.4. The maximum atomic E-state index is 12.3. The van der Waals surface area contributed by atoms with Crippen LogP contribution in [0.3, 0.4) is 0 Å². The Balaban J connectivity index is 2.61. The molecule has 0 aliphatic rings. The first-order chi connectivity index (χ1) is 9.94. The number of hydrogen-bond acceptors (Lipinski definition) is 2. The van der Waals surface area contributed by atoms with Gasteiger partial charge in [0.1, 0.15) is 0 Å². The summed E-state index contributed by atoms with van der Waals surface area (Å²) in [6.07, 6.45) is 0.0144. The number of aryl methyl sites for hydroxylation is 1. The highest BCUT2D eigenvalue weighted by molar-refractivity contribution is 9.10. The van der Waals surface area contributed by atoms with Crippen LogP contribution in [0, 0.1) is 6.92 Å². The van der Waals surface area contributed by atoms with Gasteiger partial charge in [-0.15, -0.1) is 0 Å². The van der Waals surface area contributed by atoms with Gasteiger partial charge < -0.3 is 9.74 Å². The third kappa shape index (κ3) is 5.21. The van der Waals surface area contributed by atoms with Crippen molar-refractivity contribution >= 4 is 30.2 Å². The van der Waals surface area contributed by atoms with Crippen molar-refractivity contribution in [1.82, 2.24) is 5.32 Å². The van der Waals surface area contributed by atoms with Crippen LogP contribution in [-0.2, 0) is 4.43 Å². The van der Waals surface area contributed by atoms with Crippen LogP contribution < -0.4 is 5.32 Å². The maximum Gasteiger partial charge on any atom is 0.251 e. The smallest absolute Gasteiger partial charge is 0.251 e. The van der Waals surface area contributed by atoms with Gasteiger partial charge >= 0.3 is 0 Å². The quantitative estimate of drug-likeness (QED) is 0.731. The summed E-state index contributed by atoms with van der Waals surface area (Å²) in [7, 11) is -1.80.